The highest BCUT2D eigenvalue weighted by atomic mass is 16.5. The number of methoxy groups -OCH3 is 1. The number of carboxylic acids is 1. The normalized spacial score (nSPS) is 9.94. The lowest BCUT2D eigenvalue weighted by Crippen LogP contribution is -2.02. The van der Waals surface area contributed by atoms with Gasteiger partial charge in [0, 0.05) is 6.20 Å². The van der Waals surface area contributed by atoms with E-state index in [4.69, 9.17) is 9.84 Å². The monoisotopic (exact) mass is 230 g/mol. The summed E-state index contributed by atoms with van der Waals surface area (Å²) in [5, 5.41) is 8.86. The lowest BCUT2D eigenvalue weighted by molar-refractivity contribution is 0.0690. The third-order valence-electron chi connectivity index (χ3n) is 2.22. The Morgan fingerprint density at radius 2 is 2.06 bits per heavy atom. The van der Waals surface area contributed by atoms with Crippen molar-refractivity contribution >= 4 is 5.97 Å². The Balaban J connectivity index is 2.52. The lowest BCUT2D eigenvalue weighted by Gasteiger charge is -2.06. The van der Waals surface area contributed by atoms with Gasteiger partial charge in [0.25, 0.3) is 0 Å². The van der Waals surface area contributed by atoms with E-state index >= 15 is 0 Å². The average molecular weight is 230 g/mol. The summed E-state index contributed by atoms with van der Waals surface area (Å²) < 4.78 is 5.17. The van der Waals surface area contributed by atoms with Crippen LogP contribution >= 0.6 is 0 Å². The van der Waals surface area contributed by atoms with Crippen LogP contribution in [0.4, 0.5) is 0 Å². The summed E-state index contributed by atoms with van der Waals surface area (Å²) in [6.45, 7) is 0. The molecule has 0 saturated carbocycles. The highest BCUT2D eigenvalue weighted by Crippen LogP contribution is 2.26. The SMILES string of the molecule is COc1ccccc1-c1nccc(C(=O)O)n1. The van der Waals surface area contributed by atoms with Gasteiger partial charge in [0.15, 0.2) is 11.5 Å². The third kappa shape index (κ3) is 2.23. The van der Waals surface area contributed by atoms with E-state index in [0.29, 0.717) is 17.1 Å². The zero-order valence-electron chi connectivity index (χ0n) is 9.12. The van der Waals surface area contributed by atoms with Crippen molar-refractivity contribution in [3.05, 3.63) is 42.2 Å². The molecule has 0 aliphatic rings. The van der Waals surface area contributed by atoms with Gasteiger partial charge in [0.05, 0.1) is 12.7 Å². The number of ether oxygens (including phenoxy) is 1. The van der Waals surface area contributed by atoms with Crippen LogP contribution in [-0.2, 0) is 0 Å². The minimum atomic E-state index is -1.08. The van der Waals surface area contributed by atoms with Gasteiger partial charge in [-0.1, -0.05) is 12.1 Å². The van der Waals surface area contributed by atoms with E-state index in [9.17, 15) is 4.79 Å². The van der Waals surface area contributed by atoms with Crippen LogP contribution in [0.3, 0.4) is 0 Å². The Morgan fingerprint density at radius 3 is 2.76 bits per heavy atom. The van der Waals surface area contributed by atoms with Crippen molar-refractivity contribution in [3.8, 4) is 17.1 Å². The zero-order valence-corrected chi connectivity index (χ0v) is 9.12. The van der Waals surface area contributed by atoms with Gasteiger partial charge in [-0.25, -0.2) is 14.8 Å². The molecule has 0 fully saturated rings. The predicted molar refractivity (Wildman–Crippen MR) is 61.0 cm³/mol. The number of hydrogen-bond donors (Lipinski definition) is 1. The highest BCUT2D eigenvalue weighted by Gasteiger charge is 2.11. The van der Waals surface area contributed by atoms with E-state index in [1.807, 2.05) is 12.1 Å². The lowest BCUT2D eigenvalue weighted by atomic mass is 10.2. The summed E-state index contributed by atoms with van der Waals surface area (Å²) in [5.74, 6) is -0.138. The quantitative estimate of drug-likeness (QED) is 0.871. The maximum absolute atomic E-state index is 10.8. The molecule has 1 aromatic carbocycles. The van der Waals surface area contributed by atoms with Gasteiger partial charge >= 0.3 is 5.97 Å². The highest BCUT2D eigenvalue weighted by molar-refractivity contribution is 5.85. The molecule has 86 valence electrons. The van der Waals surface area contributed by atoms with Crippen molar-refractivity contribution in [2.24, 2.45) is 0 Å². The van der Waals surface area contributed by atoms with Gasteiger partial charge in [-0.2, -0.15) is 0 Å². The predicted octanol–water partition coefficient (Wildman–Crippen LogP) is 1.85. The molecule has 2 rings (SSSR count). The van der Waals surface area contributed by atoms with Crippen LogP contribution in [0.2, 0.25) is 0 Å². The smallest absolute Gasteiger partial charge is 0.354 e. The largest absolute Gasteiger partial charge is 0.496 e. The first-order valence-electron chi connectivity index (χ1n) is 4.92. The number of carboxylic acid groups (broad SMARTS) is 1. The van der Waals surface area contributed by atoms with E-state index in [-0.39, 0.29) is 5.69 Å². The fourth-order valence-corrected chi connectivity index (χ4v) is 1.44. The molecule has 0 aliphatic carbocycles. The van der Waals surface area contributed by atoms with E-state index in [2.05, 4.69) is 9.97 Å². The number of aromatic nitrogens is 2. The molecule has 2 aromatic rings. The summed E-state index contributed by atoms with van der Waals surface area (Å²) in [6.07, 6.45) is 1.41. The van der Waals surface area contributed by atoms with Crippen molar-refractivity contribution in [1.82, 2.24) is 9.97 Å². The van der Waals surface area contributed by atoms with Gasteiger partial charge in [-0.3, -0.25) is 0 Å². The van der Waals surface area contributed by atoms with Gasteiger partial charge in [0.1, 0.15) is 5.75 Å². The fourth-order valence-electron chi connectivity index (χ4n) is 1.44. The molecule has 0 unspecified atom stereocenters. The van der Waals surface area contributed by atoms with Crippen LogP contribution in [0.15, 0.2) is 36.5 Å². The van der Waals surface area contributed by atoms with E-state index in [1.54, 1.807) is 19.2 Å². The molecule has 0 spiro atoms. The Bertz CT molecular complexity index is 555. The maximum atomic E-state index is 10.8. The van der Waals surface area contributed by atoms with Crippen molar-refractivity contribution in [2.45, 2.75) is 0 Å². The standard InChI is InChI=1S/C12H10N2O3/c1-17-10-5-3-2-4-8(10)11-13-7-6-9(14-11)12(15)16/h2-7H,1H3,(H,15,16). The molecule has 5 heteroatoms. The second kappa shape index (κ2) is 4.61. The van der Waals surface area contributed by atoms with Crippen molar-refractivity contribution in [2.75, 3.05) is 7.11 Å². The molecule has 1 N–H and O–H groups in total. The number of nitrogens with zero attached hydrogens (tertiary/aromatic N) is 2. The molecule has 0 radical (unpaired) electrons. The molecular weight excluding hydrogens is 220 g/mol. The zero-order chi connectivity index (χ0) is 12.3. The average Bonchev–Trinajstić information content (AvgIpc) is 2.39. The fraction of sp³-hybridized carbons (Fsp3) is 0.0833. The topological polar surface area (TPSA) is 72.3 Å². The summed E-state index contributed by atoms with van der Waals surface area (Å²) in [6, 6.07) is 8.53. The summed E-state index contributed by atoms with van der Waals surface area (Å²) >= 11 is 0. The van der Waals surface area contributed by atoms with Gasteiger partial charge in [-0.15, -0.1) is 0 Å². The van der Waals surface area contributed by atoms with E-state index in [1.165, 1.54) is 12.3 Å². The number of carbonyl (C=O) groups is 1. The van der Waals surface area contributed by atoms with Crippen molar-refractivity contribution in [3.63, 3.8) is 0 Å². The molecular formula is C12H10N2O3. The first-order valence-corrected chi connectivity index (χ1v) is 4.92. The van der Waals surface area contributed by atoms with Crippen LogP contribution in [0.25, 0.3) is 11.4 Å². The number of hydrogen-bond acceptors (Lipinski definition) is 4. The maximum Gasteiger partial charge on any atom is 0.354 e. The van der Waals surface area contributed by atoms with Crippen LogP contribution in [-0.4, -0.2) is 28.2 Å². The number of benzene rings is 1. The van der Waals surface area contributed by atoms with Crippen LogP contribution in [0.1, 0.15) is 10.5 Å². The molecule has 0 aliphatic heterocycles. The van der Waals surface area contributed by atoms with E-state index in [0.717, 1.165) is 0 Å². The van der Waals surface area contributed by atoms with Crippen LogP contribution in [0.5, 0.6) is 5.75 Å². The molecule has 5 nitrogen and oxygen atoms in total. The third-order valence-corrected chi connectivity index (χ3v) is 2.22. The van der Waals surface area contributed by atoms with Gasteiger partial charge in [-0.05, 0) is 18.2 Å². The molecule has 1 heterocycles. The first-order chi connectivity index (χ1) is 8.22. The second-order valence-corrected chi connectivity index (χ2v) is 3.27. The molecule has 1 aromatic heterocycles. The molecule has 0 amide bonds. The number of para-hydroxylation sites is 1. The number of aromatic carboxylic acids is 1. The van der Waals surface area contributed by atoms with E-state index < -0.39 is 5.97 Å². The summed E-state index contributed by atoms with van der Waals surface area (Å²) in [5.41, 5.74) is 0.624. The second-order valence-electron chi connectivity index (χ2n) is 3.27. The first kappa shape index (κ1) is 11.1. The van der Waals surface area contributed by atoms with Crippen LogP contribution < -0.4 is 4.74 Å². The minimum Gasteiger partial charge on any atom is -0.496 e. The van der Waals surface area contributed by atoms with Gasteiger partial charge < -0.3 is 9.84 Å². The Labute approximate surface area is 97.7 Å². The molecule has 0 saturated heterocycles. The number of rotatable bonds is 3. The molecule has 0 atom stereocenters. The molecule has 17 heavy (non-hydrogen) atoms. The Morgan fingerprint density at radius 1 is 1.29 bits per heavy atom. The van der Waals surface area contributed by atoms with Crippen molar-refractivity contribution < 1.29 is 14.6 Å². The minimum absolute atomic E-state index is 0.0408. The summed E-state index contributed by atoms with van der Waals surface area (Å²) in [7, 11) is 1.54. The van der Waals surface area contributed by atoms with Crippen molar-refractivity contribution in [1.29, 1.82) is 0 Å². The van der Waals surface area contributed by atoms with Crippen LogP contribution in [0, 0.1) is 0 Å². The van der Waals surface area contributed by atoms with Gasteiger partial charge in [0.2, 0.25) is 0 Å². The summed E-state index contributed by atoms with van der Waals surface area (Å²) in [4.78, 5) is 18.8. The molecule has 0 bridgehead atoms. The Kier molecular flexibility index (Phi) is 3.00. The Hall–Kier alpha value is -2.43.